The molecule has 1 amide bonds. The van der Waals surface area contributed by atoms with Gasteiger partial charge in [0, 0.05) is 20.3 Å². The predicted octanol–water partition coefficient (Wildman–Crippen LogP) is 2.77. The molecule has 1 aliphatic heterocycles. The third kappa shape index (κ3) is 3.00. The molecule has 0 spiro atoms. The molecule has 1 aromatic heterocycles. The molecular weight excluding hydrogens is 284 g/mol. The van der Waals surface area contributed by atoms with Crippen LogP contribution in [0.2, 0.25) is 0 Å². The number of carbonyl (C=O) groups excluding carboxylic acids is 1. The summed E-state index contributed by atoms with van der Waals surface area (Å²) in [6.07, 6.45) is 4.39. The van der Waals surface area contributed by atoms with Crippen LogP contribution in [0.5, 0.6) is 0 Å². The number of carbonyl (C=O) groups is 1. The van der Waals surface area contributed by atoms with Crippen molar-refractivity contribution in [1.29, 1.82) is 0 Å². The van der Waals surface area contributed by atoms with Crippen molar-refractivity contribution in [3.8, 4) is 0 Å². The third-order valence-corrected chi connectivity index (χ3v) is 5.52. The van der Waals surface area contributed by atoms with Crippen LogP contribution in [0.1, 0.15) is 44.3 Å². The summed E-state index contributed by atoms with van der Waals surface area (Å²) in [5.41, 5.74) is 1.51. The highest BCUT2D eigenvalue weighted by molar-refractivity contribution is 7.07. The van der Waals surface area contributed by atoms with Gasteiger partial charge in [-0.2, -0.15) is 11.3 Å². The fraction of sp³-hybridized carbons (Fsp3) is 0.688. The van der Waals surface area contributed by atoms with Gasteiger partial charge in [0.25, 0.3) is 0 Å². The molecule has 0 radical (unpaired) electrons. The highest BCUT2D eigenvalue weighted by Crippen LogP contribution is 2.50. The average Bonchev–Trinajstić information content (AvgIpc) is 2.91. The van der Waals surface area contributed by atoms with Gasteiger partial charge in [-0.3, -0.25) is 10.1 Å². The summed E-state index contributed by atoms with van der Waals surface area (Å²) in [5.74, 6) is 0.261. The van der Waals surface area contributed by atoms with E-state index in [4.69, 9.17) is 4.74 Å². The Balaban J connectivity index is 1.75. The molecule has 2 heterocycles. The van der Waals surface area contributed by atoms with Crippen LogP contribution in [-0.4, -0.2) is 37.1 Å². The van der Waals surface area contributed by atoms with Gasteiger partial charge in [-0.25, -0.2) is 0 Å². The van der Waals surface area contributed by atoms with Crippen LogP contribution in [0.15, 0.2) is 16.8 Å². The van der Waals surface area contributed by atoms with E-state index in [1.54, 1.807) is 18.4 Å². The van der Waals surface area contributed by atoms with Gasteiger partial charge < -0.3 is 9.64 Å². The molecule has 21 heavy (non-hydrogen) atoms. The standard InChI is InChI=1S/C16H24N2O2S/c1-3-13-15(19)18(11-16(5-6-16)7-8-20-2)14(17-13)12-4-9-21-10-12/h4,9-10,13-14,17H,3,5-8,11H2,1-2H3. The lowest BCUT2D eigenvalue weighted by Gasteiger charge is -2.28. The first-order chi connectivity index (χ1) is 10.2. The first kappa shape index (κ1) is 15.0. The molecule has 1 N–H and O–H groups in total. The molecule has 4 nitrogen and oxygen atoms in total. The highest BCUT2D eigenvalue weighted by atomic mass is 32.1. The SMILES string of the molecule is CCC1NC(c2ccsc2)N(CC2(CCOC)CC2)C1=O. The number of hydrogen-bond acceptors (Lipinski definition) is 4. The molecule has 2 aliphatic rings. The first-order valence-corrected chi connectivity index (χ1v) is 8.71. The van der Waals surface area contributed by atoms with Crippen LogP contribution in [0.25, 0.3) is 0 Å². The van der Waals surface area contributed by atoms with Crippen LogP contribution in [0, 0.1) is 5.41 Å². The second-order valence-electron chi connectivity index (χ2n) is 6.30. The van der Waals surface area contributed by atoms with Crippen molar-refractivity contribution >= 4 is 17.2 Å². The minimum absolute atomic E-state index is 0.0341. The number of methoxy groups -OCH3 is 1. The van der Waals surface area contributed by atoms with Crippen molar-refractivity contribution in [1.82, 2.24) is 10.2 Å². The Morgan fingerprint density at radius 1 is 1.52 bits per heavy atom. The minimum Gasteiger partial charge on any atom is -0.385 e. The minimum atomic E-state index is -0.0341. The molecule has 2 fully saturated rings. The zero-order valence-electron chi connectivity index (χ0n) is 12.8. The van der Waals surface area contributed by atoms with Crippen LogP contribution in [0.4, 0.5) is 0 Å². The Morgan fingerprint density at radius 3 is 2.90 bits per heavy atom. The summed E-state index contributed by atoms with van der Waals surface area (Å²) in [5, 5.41) is 7.72. The fourth-order valence-electron chi connectivity index (χ4n) is 3.19. The van der Waals surface area contributed by atoms with E-state index in [1.165, 1.54) is 18.4 Å². The lowest BCUT2D eigenvalue weighted by atomic mass is 10.0. The summed E-state index contributed by atoms with van der Waals surface area (Å²) in [7, 11) is 1.75. The number of nitrogens with one attached hydrogen (secondary N) is 1. The molecule has 2 atom stereocenters. The molecule has 1 saturated heterocycles. The molecule has 1 saturated carbocycles. The van der Waals surface area contributed by atoms with Crippen molar-refractivity contribution in [2.24, 2.45) is 5.41 Å². The van der Waals surface area contributed by atoms with Gasteiger partial charge in [-0.05, 0) is 53.5 Å². The number of thiophene rings is 1. The summed E-state index contributed by atoms with van der Waals surface area (Å²) in [6, 6.07) is 2.09. The van der Waals surface area contributed by atoms with E-state index < -0.39 is 0 Å². The van der Waals surface area contributed by atoms with Crippen molar-refractivity contribution in [2.75, 3.05) is 20.3 Å². The van der Waals surface area contributed by atoms with Gasteiger partial charge in [0.1, 0.15) is 6.17 Å². The van der Waals surface area contributed by atoms with Crippen molar-refractivity contribution < 1.29 is 9.53 Å². The number of ether oxygens (including phenoxy) is 1. The Bertz CT molecular complexity index is 484. The maximum Gasteiger partial charge on any atom is 0.241 e. The Morgan fingerprint density at radius 2 is 2.33 bits per heavy atom. The van der Waals surface area contributed by atoms with E-state index in [-0.39, 0.29) is 18.1 Å². The number of rotatable bonds is 7. The van der Waals surface area contributed by atoms with Crippen LogP contribution in [0.3, 0.4) is 0 Å². The largest absolute Gasteiger partial charge is 0.385 e. The van der Waals surface area contributed by atoms with Crippen molar-refractivity contribution in [3.05, 3.63) is 22.4 Å². The summed E-state index contributed by atoms with van der Waals surface area (Å²) >= 11 is 1.69. The average molecular weight is 308 g/mol. The molecule has 116 valence electrons. The second-order valence-corrected chi connectivity index (χ2v) is 7.08. The monoisotopic (exact) mass is 308 g/mol. The van der Waals surface area contributed by atoms with Gasteiger partial charge >= 0.3 is 0 Å². The number of amides is 1. The number of hydrogen-bond donors (Lipinski definition) is 1. The molecule has 0 aromatic carbocycles. The number of nitrogens with zero attached hydrogens (tertiary/aromatic N) is 1. The normalized spacial score (nSPS) is 27.3. The Hall–Kier alpha value is -0.910. The molecule has 2 unspecified atom stereocenters. The first-order valence-electron chi connectivity index (χ1n) is 7.77. The van der Waals surface area contributed by atoms with E-state index in [1.807, 2.05) is 0 Å². The predicted molar refractivity (Wildman–Crippen MR) is 84.1 cm³/mol. The summed E-state index contributed by atoms with van der Waals surface area (Å²) in [4.78, 5) is 14.7. The van der Waals surface area contributed by atoms with Crippen LogP contribution >= 0.6 is 11.3 Å². The van der Waals surface area contributed by atoms with Crippen molar-refractivity contribution in [2.45, 2.75) is 44.8 Å². The molecule has 0 bridgehead atoms. The maximum atomic E-state index is 12.7. The Labute approximate surface area is 130 Å². The quantitative estimate of drug-likeness (QED) is 0.842. The zero-order chi connectivity index (χ0) is 14.9. The van der Waals surface area contributed by atoms with Gasteiger partial charge in [-0.15, -0.1) is 0 Å². The smallest absolute Gasteiger partial charge is 0.241 e. The molecule has 5 heteroatoms. The molecule has 1 aliphatic carbocycles. The zero-order valence-corrected chi connectivity index (χ0v) is 13.6. The van der Waals surface area contributed by atoms with Crippen molar-refractivity contribution in [3.63, 3.8) is 0 Å². The fourth-order valence-corrected chi connectivity index (χ4v) is 3.87. The van der Waals surface area contributed by atoms with E-state index >= 15 is 0 Å². The van der Waals surface area contributed by atoms with Gasteiger partial charge in [0.2, 0.25) is 5.91 Å². The topological polar surface area (TPSA) is 41.6 Å². The van der Waals surface area contributed by atoms with Gasteiger partial charge in [0.05, 0.1) is 6.04 Å². The lowest BCUT2D eigenvalue weighted by Crippen LogP contribution is -2.36. The molecule has 1 aromatic rings. The van der Waals surface area contributed by atoms with Crippen LogP contribution in [-0.2, 0) is 9.53 Å². The Kier molecular flexibility index (Phi) is 4.33. The van der Waals surface area contributed by atoms with Gasteiger partial charge in [0.15, 0.2) is 0 Å². The van der Waals surface area contributed by atoms with E-state index in [0.717, 1.165) is 26.0 Å². The highest BCUT2D eigenvalue weighted by Gasteiger charge is 2.48. The summed E-state index contributed by atoms with van der Waals surface area (Å²) < 4.78 is 5.23. The van der Waals surface area contributed by atoms with E-state index in [2.05, 4.69) is 34.0 Å². The maximum absolute atomic E-state index is 12.7. The molecular formula is C16H24N2O2S. The van der Waals surface area contributed by atoms with Gasteiger partial charge in [-0.1, -0.05) is 6.92 Å². The third-order valence-electron chi connectivity index (χ3n) is 4.82. The second kappa shape index (κ2) is 6.07. The van der Waals surface area contributed by atoms with E-state index in [0.29, 0.717) is 5.41 Å². The van der Waals surface area contributed by atoms with Crippen LogP contribution < -0.4 is 5.32 Å². The molecule has 3 rings (SSSR count). The summed E-state index contributed by atoms with van der Waals surface area (Å²) in [6.45, 7) is 3.72. The lowest BCUT2D eigenvalue weighted by molar-refractivity contribution is -0.131. The van der Waals surface area contributed by atoms with E-state index in [9.17, 15) is 4.79 Å².